The Labute approximate surface area is 263 Å². The van der Waals surface area contributed by atoms with Gasteiger partial charge in [0.25, 0.3) is 0 Å². The van der Waals surface area contributed by atoms with Crippen molar-refractivity contribution in [2.24, 2.45) is 0 Å². The van der Waals surface area contributed by atoms with E-state index in [1.54, 1.807) is 12.1 Å². The molecule has 0 amide bonds. The molecule has 0 aliphatic heterocycles. The van der Waals surface area contributed by atoms with Crippen LogP contribution in [0.5, 0.6) is 0 Å². The fourth-order valence-corrected chi connectivity index (χ4v) is 6.10. The molecule has 0 bridgehead atoms. The number of aryl methyl sites for hydroxylation is 2. The van der Waals surface area contributed by atoms with Crippen LogP contribution in [0.3, 0.4) is 0 Å². The molecule has 5 heteroatoms. The Hall–Kier alpha value is -0.390. The Morgan fingerprint density at radius 3 is 1.26 bits per heavy atom. The number of unbranched alkanes of at least 4 members (excludes halogenated alkanes) is 18. The van der Waals surface area contributed by atoms with E-state index in [1.165, 1.54) is 146 Å². The SMILES string of the molecule is CCCCCCCCCCCCc1cc2ccc(S(=O)(=O)[O-])cc2cc1CCCCCCCCCCCC.[Na+]. The molecule has 0 aliphatic rings. The maximum atomic E-state index is 11.6. The number of benzene rings is 2. The second-order valence-corrected chi connectivity index (χ2v) is 12.8. The average molecular weight is 567 g/mol. The van der Waals surface area contributed by atoms with Crippen LogP contribution in [-0.4, -0.2) is 13.0 Å². The van der Waals surface area contributed by atoms with Gasteiger partial charge in [0.15, 0.2) is 0 Å². The number of rotatable bonds is 23. The summed E-state index contributed by atoms with van der Waals surface area (Å²) in [7, 11) is -4.44. The van der Waals surface area contributed by atoms with Crippen molar-refractivity contribution in [1.82, 2.24) is 0 Å². The molecule has 216 valence electrons. The van der Waals surface area contributed by atoms with E-state index in [9.17, 15) is 13.0 Å². The minimum atomic E-state index is -4.44. The molecule has 39 heavy (non-hydrogen) atoms. The third kappa shape index (κ3) is 16.0. The van der Waals surface area contributed by atoms with Crippen molar-refractivity contribution in [3.05, 3.63) is 41.5 Å². The zero-order valence-corrected chi connectivity index (χ0v) is 28.4. The summed E-state index contributed by atoms with van der Waals surface area (Å²) in [5.74, 6) is 0. The normalized spacial score (nSPS) is 11.7. The minimum Gasteiger partial charge on any atom is -0.744 e. The van der Waals surface area contributed by atoms with Crippen molar-refractivity contribution in [2.75, 3.05) is 0 Å². The van der Waals surface area contributed by atoms with E-state index in [1.807, 2.05) is 0 Å². The quantitative estimate of drug-likeness (QED) is 0.0788. The van der Waals surface area contributed by atoms with Gasteiger partial charge in [0.05, 0.1) is 4.90 Å². The van der Waals surface area contributed by atoms with Crippen LogP contribution in [0.2, 0.25) is 0 Å². The summed E-state index contributed by atoms with van der Waals surface area (Å²) < 4.78 is 34.7. The van der Waals surface area contributed by atoms with Gasteiger partial charge in [-0.2, -0.15) is 0 Å². The van der Waals surface area contributed by atoms with Crippen LogP contribution >= 0.6 is 0 Å². The summed E-state index contributed by atoms with van der Waals surface area (Å²) in [5, 5.41) is 1.90. The molecule has 0 heterocycles. The first-order valence-corrected chi connectivity index (χ1v) is 17.4. The van der Waals surface area contributed by atoms with Gasteiger partial charge in [0, 0.05) is 0 Å². The van der Waals surface area contributed by atoms with E-state index >= 15 is 0 Å². The minimum absolute atomic E-state index is 0. The van der Waals surface area contributed by atoms with Crippen LogP contribution in [-0.2, 0) is 23.0 Å². The van der Waals surface area contributed by atoms with Crippen molar-refractivity contribution in [2.45, 2.75) is 160 Å². The molecule has 2 rings (SSSR count). The first-order chi connectivity index (χ1) is 18.5. The first kappa shape index (κ1) is 36.6. The second kappa shape index (κ2) is 22.2. The maximum Gasteiger partial charge on any atom is 1.00 e. The Morgan fingerprint density at radius 2 is 0.872 bits per heavy atom. The van der Waals surface area contributed by atoms with Crippen LogP contribution in [0.4, 0.5) is 0 Å². The van der Waals surface area contributed by atoms with E-state index in [4.69, 9.17) is 0 Å². The zero-order chi connectivity index (χ0) is 27.5. The molecule has 0 aliphatic carbocycles. The average Bonchev–Trinajstić information content (AvgIpc) is 2.90. The molecule has 0 saturated carbocycles. The molecule has 2 aromatic rings. The third-order valence-electron chi connectivity index (χ3n) is 8.02. The van der Waals surface area contributed by atoms with Gasteiger partial charge in [-0.25, -0.2) is 8.42 Å². The van der Waals surface area contributed by atoms with Gasteiger partial charge >= 0.3 is 29.6 Å². The van der Waals surface area contributed by atoms with Crippen molar-refractivity contribution in [3.63, 3.8) is 0 Å². The van der Waals surface area contributed by atoms with Crippen LogP contribution in [0.25, 0.3) is 10.8 Å². The predicted octanol–water partition coefficient (Wildman–Crippen LogP) is 7.67. The first-order valence-electron chi connectivity index (χ1n) is 16.0. The molecule has 0 radical (unpaired) electrons. The second-order valence-electron chi connectivity index (χ2n) is 11.4. The molecule has 0 aromatic heterocycles. The largest absolute Gasteiger partial charge is 1.00 e. The Morgan fingerprint density at radius 1 is 0.513 bits per heavy atom. The molecule has 0 N–H and O–H groups in total. The fourth-order valence-electron chi connectivity index (χ4n) is 5.60. The van der Waals surface area contributed by atoms with Crippen molar-refractivity contribution < 1.29 is 42.5 Å². The Balaban J connectivity index is 0.00000760. The number of fused-ring (bicyclic) bond motifs is 1. The zero-order valence-electron chi connectivity index (χ0n) is 25.6. The predicted molar refractivity (Wildman–Crippen MR) is 163 cm³/mol. The fraction of sp³-hybridized carbons (Fsp3) is 0.706. The molecule has 0 spiro atoms. The van der Waals surface area contributed by atoms with E-state index in [0.29, 0.717) is 0 Å². The smallest absolute Gasteiger partial charge is 0.744 e. The van der Waals surface area contributed by atoms with Gasteiger partial charge in [0.1, 0.15) is 10.1 Å². The van der Waals surface area contributed by atoms with E-state index < -0.39 is 10.1 Å². The standard InChI is InChI=1S/C34H56O3S.Na/c1-3-5-7-9-11-13-15-17-19-21-23-30-27-32-25-26-34(38(35,36)37)29-33(32)28-31(30)24-22-20-18-16-14-12-10-8-6-4-2;/h25-29H,3-24H2,1-2H3,(H,35,36,37);/q;+1/p-1. The van der Waals surface area contributed by atoms with Crippen molar-refractivity contribution >= 4 is 20.9 Å². The molecule has 3 nitrogen and oxygen atoms in total. The van der Waals surface area contributed by atoms with Gasteiger partial charge in [-0.3, -0.25) is 0 Å². The summed E-state index contributed by atoms with van der Waals surface area (Å²) in [6.45, 7) is 4.54. The topological polar surface area (TPSA) is 57.2 Å². The Bertz CT molecular complexity index is 1000. The van der Waals surface area contributed by atoms with E-state index in [0.717, 1.165) is 23.6 Å². The summed E-state index contributed by atoms with van der Waals surface area (Å²) >= 11 is 0. The summed E-state index contributed by atoms with van der Waals surface area (Å²) in [6.07, 6.45) is 28.7. The van der Waals surface area contributed by atoms with Crippen LogP contribution in [0.1, 0.15) is 153 Å². The van der Waals surface area contributed by atoms with E-state index in [-0.39, 0.29) is 34.5 Å². The molecular weight excluding hydrogens is 511 g/mol. The van der Waals surface area contributed by atoms with Crippen LogP contribution < -0.4 is 29.6 Å². The molecule has 0 fully saturated rings. The maximum absolute atomic E-state index is 11.6. The molecule has 0 atom stereocenters. The van der Waals surface area contributed by atoms with Crippen molar-refractivity contribution in [1.29, 1.82) is 0 Å². The van der Waals surface area contributed by atoms with Gasteiger partial charge in [-0.1, -0.05) is 148 Å². The van der Waals surface area contributed by atoms with Gasteiger partial charge < -0.3 is 4.55 Å². The van der Waals surface area contributed by atoms with Crippen LogP contribution in [0.15, 0.2) is 35.2 Å². The molecule has 0 unspecified atom stereocenters. The number of hydrogen-bond donors (Lipinski definition) is 0. The van der Waals surface area contributed by atoms with Crippen LogP contribution in [0, 0.1) is 0 Å². The molecule has 0 saturated heterocycles. The monoisotopic (exact) mass is 566 g/mol. The summed E-state index contributed by atoms with van der Waals surface area (Å²) in [4.78, 5) is -0.127. The van der Waals surface area contributed by atoms with Crippen molar-refractivity contribution in [3.8, 4) is 0 Å². The summed E-state index contributed by atoms with van der Waals surface area (Å²) in [5.41, 5.74) is 2.75. The number of hydrogen-bond acceptors (Lipinski definition) is 3. The third-order valence-corrected chi connectivity index (χ3v) is 8.85. The Kier molecular flexibility index (Phi) is 20.9. The summed E-state index contributed by atoms with van der Waals surface area (Å²) in [6, 6.07) is 9.21. The molecule has 2 aromatic carbocycles. The molecular formula is C34H55NaO3S. The van der Waals surface area contributed by atoms with Gasteiger partial charge in [0.2, 0.25) is 0 Å². The van der Waals surface area contributed by atoms with Gasteiger partial charge in [-0.05, 0) is 59.7 Å². The van der Waals surface area contributed by atoms with Gasteiger partial charge in [-0.15, -0.1) is 0 Å². The van der Waals surface area contributed by atoms with E-state index in [2.05, 4.69) is 26.0 Å².